The molecule has 2 rings (SSSR count). The van der Waals surface area contributed by atoms with Gasteiger partial charge < -0.3 is 10.6 Å². The number of carbonyl (C=O) groups is 1. The molecule has 2 atom stereocenters. The number of hydrogen-bond acceptors (Lipinski definition) is 3. The maximum absolute atomic E-state index is 12.5. The van der Waals surface area contributed by atoms with Crippen molar-refractivity contribution in [1.82, 2.24) is 14.7 Å². The number of aromatic nitrogens is 2. The van der Waals surface area contributed by atoms with Crippen molar-refractivity contribution >= 4 is 11.6 Å². The van der Waals surface area contributed by atoms with Crippen LogP contribution in [0, 0.1) is 0 Å². The molecule has 0 spiro atoms. The average Bonchev–Trinajstić information content (AvgIpc) is 2.70. The summed E-state index contributed by atoms with van der Waals surface area (Å²) < 4.78 is 1.71. The van der Waals surface area contributed by atoms with Crippen molar-refractivity contribution in [1.29, 1.82) is 0 Å². The third-order valence-corrected chi connectivity index (χ3v) is 3.74. The Morgan fingerprint density at radius 1 is 1.44 bits per heavy atom. The van der Waals surface area contributed by atoms with Gasteiger partial charge in [-0.05, 0) is 40.0 Å². The topological polar surface area (TPSA) is 64.2 Å². The molecular weight excluding hydrogens is 228 g/mol. The molecule has 5 nitrogen and oxygen atoms in total. The maximum Gasteiger partial charge on any atom is 0.276 e. The number of amides is 1. The van der Waals surface area contributed by atoms with Crippen LogP contribution in [-0.2, 0) is 6.54 Å². The first kappa shape index (κ1) is 12.9. The van der Waals surface area contributed by atoms with Crippen LogP contribution in [0.1, 0.15) is 50.5 Å². The molecule has 1 fully saturated rings. The molecule has 1 aromatic heterocycles. The van der Waals surface area contributed by atoms with E-state index in [0.29, 0.717) is 11.4 Å². The SMILES string of the molecule is CCn1cc(N)c(C(=O)N2C(C)CCCC2C)n1. The van der Waals surface area contributed by atoms with Crippen LogP contribution in [0.15, 0.2) is 6.20 Å². The number of aryl methyl sites for hydroxylation is 1. The molecule has 1 saturated heterocycles. The van der Waals surface area contributed by atoms with Gasteiger partial charge in [0.15, 0.2) is 5.69 Å². The van der Waals surface area contributed by atoms with Gasteiger partial charge in [0.05, 0.1) is 5.69 Å². The molecule has 0 aliphatic carbocycles. The second kappa shape index (κ2) is 5.00. The highest BCUT2D eigenvalue weighted by Crippen LogP contribution is 2.25. The largest absolute Gasteiger partial charge is 0.396 e. The summed E-state index contributed by atoms with van der Waals surface area (Å²) >= 11 is 0. The van der Waals surface area contributed by atoms with Crippen molar-refractivity contribution in [3.05, 3.63) is 11.9 Å². The summed E-state index contributed by atoms with van der Waals surface area (Å²) in [6.45, 7) is 6.90. The lowest BCUT2D eigenvalue weighted by atomic mass is 9.97. The Kier molecular flexibility index (Phi) is 3.59. The molecule has 2 heterocycles. The monoisotopic (exact) mass is 250 g/mol. The highest BCUT2D eigenvalue weighted by molar-refractivity contribution is 5.97. The van der Waals surface area contributed by atoms with Crippen molar-refractivity contribution in [2.24, 2.45) is 0 Å². The fourth-order valence-electron chi connectivity index (χ4n) is 2.71. The molecule has 5 heteroatoms. The molecule has 2 N–H and O–H groups in total. The van der Waals surface area contributed by atoms with Crippen LogP contribution in [0.4, 0.5) is 5.69 Å². The second-order valence-electron chi connectivity index (χ2n) is 5.13. The third kappa shape index (κ3) is 2.21. The summed E-state index contributed by atoms with van der Waals surface area (Å²) in [4.78, 5) is 14.5. The van der Waals surface area contributed by atoms with E-state index < -0.39 is 0 Å². The van der Waals surface area contributed by atoms with E-state index in [4.69, 9.17) is 5.73 Å². The number of rotatable bonds is 2. The molecule has 0 aromatic carbocycles. The Morgan fingerprint density at radius 2 is 2.06 bits per heavy atom. The Bertz CT molecular complexity index is 430. The molecule has 1 aromatic rings. The smallest absolute Gasteiger partial charge is 0.276 e. The summed E-state index contributed by atoms with van der Waals surface area (Å²) in [5.41, 5.74) is 6.76. The zero-order chi connectivity index (χ0) is 13.3. The highest BCUT2D eigenvalue weighted by Gasteiger charge is 2.31. The van der Waals surface area contributed by atoms with E-state index in [-0.39, 0.29) is 18.0 Å². The van der Waals surface area contributed by atoms with Gasteiger partial charge in [-0.25, -0.2) is 0 Å². The molecule has 100 valence electrons. The summed E-state index contributed by atoms with van der Waals surface area (Å²) in [5.74, 6) is -0.0283. The van der Waals surface area contributed by atoms with Crippen LogP contribution in [0.25, 0.3) is 0 Å². The van der Waals surface area contributed by atoms with Crippen LogP contribution in [0.2, 0.25) is 0 Å². The fourth-order valence-corrected chi connectivity index (χ4v) is 2.71. The van der Waals surface area contributed by atoms with E-state index in [1.54, 1.807) is 10.9 Å². The van der Waals surface area contributed by atoms with Gasteiger partial charge in [-0.1, -0.05) is 0 Å². The molecule has 0 bridgehead atoms. The van der Waals surface area contributed by atoms with E-state index in [1.165, 1.54) is 6.42 Å². The Balaban J connectivity index is 2.26. The highest BCUT2D eigenvalue weighted by atomic mass is 16.2. The van der Waals surface area contributed by atoms with E-state index in [1.807, 2.05) is 11.8 Å². The van der Waals surface area contributed by atoms with Gasteiger partial charge in [-0.3, -0.25) is 9.48 Å². The molecule has 0 radical (unpaired) electrons. The zero-order valence-corrected chi connectivity index (χ0v) is 11.4. The quantitative estimate of drug-likeness (QED) is 0.871. The minimum absolute atomic E-state index is 0.0283. The number of carbonyl (C=O) groups excluding carboxylic acids is 1. The molecule has 2 unspecified atom stereocenters. The Morgan fingerprint density at radius 3 is 2.56 bits per heavy atom. The lowest BCUT2D eigenvalue weighted by molar-refractivity contribution is 0.0505. The second-order valence-corrected chi connectivity index (χ2v) is 5.13. The van der Waals surface area contributed by atoms with Crippen LogP contribution in [-0.4, -0.2) is 32.7 Å². The molecule has 1 aliphatic heterocycles. The maximum atomic E-state index is 12.5. The average molecular weight is 250 g/mol. The van der Waals surface area contributed by atoms with Crippen molar-refractivity contribution in [3.8, 4) is 0 Å². The first-order valence-electron chi connectivity index (χ1n) is 6.70. The third-order valence-electron chi connectivity index (χ3n) is 3.74. The molecule has 1 amide bonds. The van der Waals surface area contributed by atoms with E-state index >= 15 is 0 Å². The van der Waals surface area contributed by atoms with Crippen molar-refractivity contribution in [2.45, 2.75) is 58.7 Å². The molecule has 1 aliphatic rings. The van der Waals surface area contributed by atoms with Crippen molar-refractivity contribution in [2.75, 3.05) is 5.73 Å². The van der Waals surface area contributed by atoms with Crippen molar-refractivity contribution in [3.63, 3.8) is 0 Å². The summed E-state index contributed by atoms with van der Waals surface area (Å²) in [6.07, 6.45) is 5.03. The lowest BCUT2D eigenvalue weighted by Gasteiger charge is -2.38. The van der Waals surface area contributed by atoms with Crippen LogP contribution in [0.5, 0.6) is 0 Å². The first-order valence-corrected chi connectivity index (χ1v) is 6.70. The fraction of sp³-hybridized carbons (Fsp3) is 0.692. The Labute approximate surface area is 108 Å². The van der Waals surface area contributed by atoms with Crippen LogP contribution >= 0.6 is 0 Å². The first-order chi connectivity index (χ1) is 8.54. The van der Waals surface area contributed by atoms with Gasteiger partial charge in [-0.15, -0.1) is 0 Å². The number of hydrogen-bond donors (Lipinski definition) is 1. The Hall–Kier alpha value is -1.52. The molecular formula is C13H22N4O. The predicted octanol–water partition coefficient (Wildman–Crippen LogP) is 1.89. The van der Waals surface area contributed by atoms with E-state index in [9.17, 15) is 4.79 Å². The number of nitrogen functional groups attached to an aromatic ring is 1. The van der Waals surface area contributed by atoms with Crippen LogP contribution in [0.3, 0.4) is 0 Å². The predicted molar refractivity (Wildman–Crippen MR) is 71.3 cm³/mol. The minimum atomic E-state index is -0.0283. The molecule has 0 saturated carbocycles. The number of piperidine rings is 1. The van der Waals surface area contributed by atoms with Gasteiger partial charge in [0.1, 0.15) is 0 Å². The van der Waals surface area contributed by atoms with E-state index in [2.05, 4.69) is 18.9 Å². The van der Waals surface area contributed by atoms with Crippen molar-refractivity contribution < 1.29 is 4.79 Å². The van der Waals surface area contributed by atoms with Gasteiger partial charge >= 0.3 is 0 Å². The van der Waals surface area contributed by atoms with Crippen LogP contribution < -0.4 is 5.73 Å². The zero-order valence-electron chi connectivity index (χ0n) is 11.4. The van der Waals surface area contributed by atoms with Gasteiger partial charge in [0, 0.05) is 24.8 Å². The number of nitrogens with two attached hydrogens (primary N) is 1. The van der Waals surface area contributed by atoms with Gasteiger partial charge in [-0.2, -0.15) is 5.10 Å². The van der Waals surface area contributed by atoms with Gasteiger partial charge in [0.25, 0.3) is 5.91 Å². The normalized spacial score (nSPS) is 24.3. The number of nitrogens with zero attached hydrogens (tertiary/aromatic N) is 3. The summed E-state index contributed by atoms with van der Waals surface area (Å²) in [5, 5.41) is 4.27. The number of anilines is 1. The lowest BCUT2D eigenvalue weighted by Crippen LogP contribution is -2.47. The molecule has 18 heavy (non-hydrogen) atoms. The standard InChI is InChI=1S/C13H22N4O/c1-4-16-8-11(14)12(15-16)13(18)17-9(2)6-5-7-10(17)3/h8-10H,4-7,14H2,1-3H3. The minimum Gasteiger partial charge on any atom is -0.396 e. The van der Waals surface area contributed by atoms with Gasteiger partial charge in [0.2, 0.25) is 0 Å². The summed E-state index contributed by atoms with van der Waals surface area (Å²) in [7, 11) is 0. The number of likely N-dealkylation sites (tertiary alicyclic amines) is 1. The van der Waals surface area contributed by atoms with E-state index in [0.717, 1.165) is 19.4 Å². The summed E-state index contributed by atoms with van der Waals surface area (Å²) in [6, 6.07) is 0.542.